The zero-order valence-electron chi connectivity index (χ0n) is 20.9. The lowest BCUT2D eigenvalue weighted by Gasteiger charge is -2.15. The molecule has 4 rings (SSSR count). The van der Waals surface area contributed by atoms with E-state index in [1.54, 1.807) is 6.92 Å². The van der Waals surface area contributed by atoms with Gasteiger partial charge in [0.1, 0.15) is 17.5 Å². The van der Waals surface area contributed by atoms with Gasteiger partial charge in [-0.2, -0.15) is 0 Å². The second kappa shape index (κ2) is 10.2. The molecule has 1 amide bonds. The molecule has 1 unspecified atom stereocenters. The summed E-state index contributed by atoms with van der Waals surface area (Å²) in [4.78, 5) is 24.2. The number of aliphatic carboxylic acids is 1. The number of nitrogens with zero attached hydrogens (tertiary/aromatic N) is 1. The van der Waals surface area contributed by atoms with Gasteiger partial charge in [-0.05, 0) is 62.8 Å². The molecule has 7 nitrogen and oxygen atoms in total. The average molecular weight is 487 g/mol. The lowest BCUT2D eigenvalue weighted by Crippen LogP contribution is -2.21. The summed E-state index contributed by atoms with van der Waals surface area (Å²) in [5.74, 6) is -0.319. The number of rotatable bonds is 8. The van der Waals surface area contributed by atoms with Crippen molar-refractivity contribution in [3.05, 3.63) is 83.6 Å². The van der Waals surface area contributed by atoms with Gasteiger partial charge in [0.05, 0.1) is 5.41 Å². The number of hydrogen-bond acceptors (Lipinski definition) is 5. The van der Waals surface area contributed by atoms with Crippen LogP contribution >= 0.6 is 0 Å². The molecule has 0 bridgehead atoms. The quantitative estimate of drug-likeness (QED) is 0.336. The summed E-state index contributed by atoms with van der Waals surface area (Å²) >= 11 is 0. The number of carboxylic acid groups (broad SMARTS) is 1. The predicted octanol–water partition coefficient (Wildman–Crippen LogP) is 6.89. The molecule has 0 saturated heterocycles. The Morgan fingerprint density at radius 2 is 1.64 bits per heavy atom. The van der Waals surface area contributed by atoms with Gasteiger partial charge < -0.3 is 14.4 Å². The Hall–Kier alpha value is -4.13. The SMILES string of the molecule is C/C=C\C(=C/C)C(C)OC(=O)Nc1c(C)noc1-c1ccc(-c2ccc(C3(C(=O)O)CC3)cc2)cc1. The van der Waals surface area contributed by atoms with Gasteiger partial charge in [-0.3, -0.25) is 10.1 Å². The highest BCUT2D eigenvalue weighted by Crippen LogP contribution is 2.48. The third kappa shape index (κ3) is 4.96. The topological polar surface area (TPSA) is 102 Å². The van der Waals surface area contributed by atoms with Crippen molar-refractivity contribution in [2.75, 3.05) is 5.32 Å². The summed E-state index contributed by atoms with van der Waals surface area (Å²) in [6.07, 6.45) is 6.06. The maximum Gasteiger partial charge on any atom is 0.412 e. The Morgan fingerprint density at radius 3 is 2.17 bits per heavy atom. The van der Waals surface area contributed by atoms with E-state index in [4.69, 9.17) is 9.26 Å². The van der Waals surface area contributed by atoms with E-state index in [9.17, 15) is 14.7 Å². The van der Waals surface area contributed by atoms with E-state index in [0.29, 0.717) is 30.0 Å². The zero-order valence-corrected chi connectivity index (χ0v) is 20.9. The van der Waals surface area contributed by atoms with Crippen LogP contribution in [0.2, 0.25) is 0 Å². The van der Waals surface area contributed by atoms with E-state index in [2.05, 4.69) is 10.5 Å². The highest BCUT2D eigenvalue weighted by Gasteiger charge is 2.51. The Balaban J connectivity index is 1.49. The summed E-state index contributed by atoms with van der Waals surface area (Å²) in [7, 11) is 0. The third-order valence-electron chi connectivity index (χ3n) is 6.61. The number of allylic oxidation sites excluding steroid dienone is 2. The Morgan fingerprint density at radius 1 is 1.06 bits per heavy atom. The van der Waals surface area contributed by atoms with Crippen molar-refractivity contribution in [2.24, 2.45) is 0 Å². The summed E-state index contributed by atoms with van der Waals surface area (Å²) in [5, 5.41) is 16.3. The molecule has 7 heteroatoms. The normalized spacial score (nSPS) is 15.5. The van der Waals surface area contributed by atoms with Crippen LogP contribution in [0, 0.1) is 6.92 Å². The molecule has 0 radical (unpaired) electrons. The number of benzene rings is 2. The van der Waals surface area contributed by atoms with Crippen LogP contribution < -0.4 is 5.32 Å². The van der Waals surface area contributed by atoms with Crippen LogP contribution in [0.15, 0.2) is 76.9 Å². The molecule has 0 spiro atoms. The lowest BCUT2D eigenvalue weighted by atomic mass is 9.93. The minimum Gasteiger partial charge on any atom is -0.481 e. The predicted molar refractivity (Wildman–Crippen MR) is 139 cm³/mol. The van der Waals surface area contributed by atoms with Gasteiger partial charge in [-0.25, -0.2) is 4.79 Å². The van der Waals surface area contributed by atoms with Gasteiger partial charge in [0.25, 0.3) is 0 Å². The third-order valence-corrected chi connectivity index (χ3v) is 6.61. The van der Waals surface area contributed by atoms with Gasteiger partial charge in [0.2, 0.25) is 0 Å². The van der Waals surface area contributed by atoms with Gasteiger partial charge in [-0.15, -0.1) is 0 Å². The standard InChI is InChI=1S/C29H30N2O5/c1-5-7-20(6-2)19(4)35-28(34)30-25-18(3)31-36-26(25)23-10-8-21(9-11-23)22-12-14-24(15-13-22)29(16-17-29)27(32)33/h5-15,19H,16-17H2,1-4H3,(H,30,34)(H,32,33)/b7-5-,20-6+. The minimum atomic E-state index is -0.759. The van der Waals surface area contributed by atoms with Crippen LogP contribution in [0.4, 0.5) is 10.5 Å². The van der Waals surface area contributed by atoms with Crippen LogP contribution in [-0.2, 0) is 14.9 Å². The molecule has 2 aromatic carbocycles. The van der Waals surface area contributed by atoms with Crippen LogP contribution in [0.5, 0.6) is 0 Å². The first-order valence-corrected chi connectivity index (χ1v) is 12.0. The Labute approximate surface area is 210 Å². The van der Waals surface area contributed by atoms with Gasteiger partial charge >= 0.3 is 12.1 Å². The molecule has 1 heterocycles. The van der Waals surface area contributed by atoms with Gasteiger partial charge in [0, 0.05) is 5.56 Å². The van der Waals surface area contributed by atoms with E-state index in [-0.39, 0.29) is 0 Å². The molecule has 1 fully saturated rings. The van der Waals surface area contributed by atoms with E-state index in [0.717, 1.165) is 27.8 Å². The van der Waals surface area contributed by atoms with Crippen molar-refractivity contribution in [1.29, 1.82) is 0 Å². The van der Waals surface area contributed by atoms with Gasteiger partial charge in [0.15, 0.2) is 5.76 Å². The molecule has 186 valence electrons. The second-order valence-corrected chi connectivity index (χ2v) is 8.98. The van der Waals surface area contributed by atoms with Crippen LogP contribution in [0.25, 0.3) is 22.5 Å². The lowest BCUT2D eigenvalue weighted by molar-refractivity contribution is -0.140. The van der Waals surface area contributed by atoms with Gasteiger partial charge in [-0.1, -0.05) is 71.9 Å². The van der Waals surface area contributed by atoms with E-state index >= 15 is 0 Å². The smallest absolute Gasteiger partial charge is 0.412 e. The van der Waals surface area contributed by atoms with Crippen molar-refractivity contribution in [2.45, 2.75) is 52.1 Å². The first kappa shape index (κ1) is 25.0. The zero-order chi connectivity index (χ0) is 25.9. The monoisotopic (exact) mass is 486 g/mol. The number of hydrogen-bond donors (Lipinski definition) is 2. The molecule has 1 saturated carbocycles. The van der Waals surface area contributed by atoms with E-state index in [1.165, 1.54) is 0 Å². The number of carboxylic acids is 1. The largest absolute Gasteiger partial charge is 0.481 e. The number of carbonyl (C=O) groups excluding carboxylic acids is 1. The molecule has 1 atom stereocenters. The van der Waals surface area contributed by atoms with Crippen molar-refractivity contribution in [1.82, 2.24) is 5.16 Å². The number of anilines is 1. The molecular weight excluding hydrogens is 456 g/mol. The fourth-order valence-electron chi connectivity index (χ4n) is 4.28. The molecule has 1 aliphatic rings. The Kier molecular flexibility index (Phi) is 7.10. The molecule has 0 aliphatic heterocycles. The molecule has 1 aromatic heterocycles. The van der Waals surface area contributed by atoms with Crippen LogP contribution in [-0.4, -0.2) is 28.4 Å². The van der Waals surface area contributed by atoms with E-state index < -0.39 is 23.6 Å². The molecular formula is C29H30N2O5. The van der Waals surface area contributed by atoms with Crippen molar-refractivity contribution < 1.29 is 24.0 Å². The fraction of sp³-hybridized carbons (Fsp3) is 0.276. The first-order chi connectivity index (χ1) is 17.3. The van der Waals surface area contributed by atoms with Crippen LogP contribution in [0.1, 0.15) is 44.9 Å². The molecule has 3 aromatic rings. The molecule has 36 heavy (non-hydrogen) atoms. The second-order valence-electron chi connectivity index (χ2n) is 8.98. The average Bonchev–Trinajstić information content (AvgIpc) is 3.62. The summed E-state index contributed by atoms with van der Waals surface area (Å²) < 4.78 is 11.1. The van der Waals surface area contributed by atoms with Crippen molar-refractivity contribution in [3.8, 4) is 22.5 Å². The maximum atomic E-state index is 12.6. The first-order valence-electron chi connectivity index (χ1n) is 12.0. The maximum absolute atomic E-state index is 12.6. The van der Waals surface area contributed by atoms with Crippen molar-refractivity contribution in [3.63, 3.8) is 0 Å². The Bertz CT molecular complexity index is 1310. The molecule has 1 aliphatic carbocycles. The van der Waals surface area contributed by atoms with Crippen molar-refractivity contribution >= 4 is 17.7 Å². The highest BCUT2D eigenvalue weighted by atomic mass is 16.6. The van der Waals surface area contributed by atoms with Crippen LogP contribution in [0.3, 0.4) is 0 Å². The molecule has 2 N–H and O–H groups in total. The van der Waals surface area contributed by atoms with E-state index in [1.807, 2.05) is 87.5 Å². The summed E-state index contributed by atoms with van der Waals surface area (Å²) in [6.45, 7) is 7.37. The summed E-state index contributed by atoms with van der Waals surface area (Å²) in [5.41, 5.74) is 4.75. The minimum absolute atomic E-state index is 0.411. The number of ether oxygens (including phenoxy) is 1. The number of aromatic nitrogens is 1. The number of aryl methyl sites for hydroxylation is 1. The summed E-state index contributed by atoms with van der Waals surface area (Å²) in [6, 6.07) is 15.4. The number of carbonyl (C=O) groups is 2. The fourth-order valence-corrected chi connectivity index (χ4v) is 4.28. The number of nitrogens with one attached hydrogen (secondary N) is 1. The number of amides is 1. The highest BCUT2D eigenvalue weighted by molar-refractivity contribution is 5.91.